The third-order valence-corrected chi connectivity index (χ3v) is 3.28. The largest absolute Gasteiger partial charge is 0.0958 e. The molecule has 0 heterocycles. The first-order valence-electron chi connectivity index (χ1n) is 6.09. The van der Waals surface area contributed by atoms with Gasteiger partial charge < -0.3 is 0 Å². The third-order valence-electron chi connectivity index (χ3n) is 3.28. The molecule has 1 rings (SSSR count). The average Bonchev–Trinajstić information content (AvgIpc) is 2.18. The molecule has 1 aliphatic carbocycles. The van der Waals surface area contributed by atoms with Crippen LogP contribution in [0.25, 0.3) is 0 Å². The third kappa shape index (κ3) is 4.51. The molecule has 0 fully saturated rings. The highest BCUT2D eigenvalue weighted by Crippen LogP contribution is 2.29. The molecule has 0 aromatic carbocycles. The van der Waals surface area contributed by atoms with Crippen molar-refractivity contribution >= 4 is 0 Å². The first-order valence-corrected chi connectivity index (χ1v) is 6.09. The Kier molecular flexibility index (Phi) is 4.87. The van der Waals surface area contributed by atoms with Gasteiger partial charge in [-0.15, -0.1) is 0 Å². The first-order chi connectivity index (χ1) is 7.09. The number of hydrogen-bond donors (Lipinski definition) is 0. The summed E-state index contributed by atoms with van der Waals surface area (Å²) in [4.78, 5) is 0. The van der Waals surface area contributed by atoms with E-state index in [4.69, 9.17) is 0 Å². The minimum Gasteiger partial charge on any atom is -0.0958 e. The Labute approximate surface area is 94.8 Å². The summed E-state index contributed by atoms with van der Waals surface area (Å²) in [7, 11) is 0. The lowest BCUT2D eigenvalue weighted by molar-refractivity contribution is 0.377. The van der Waals surface area contributed by atoms with E-state index in [-0.39, 0.29) is 0 Å². The van der Waals surface area contributed by atoms with Gasteiger partial charge in [-0.25, -0.2) is 0 Å². The number of rotatable bonds is 4. The molecule has 0 aromatic heterocycles. The molecule has 0 saturated heterocycles. The van der Waals surface area contributed by atoms with Gasteiger partial charge in [-0.05, 0) is 51.4 Å². The van der Waals surface area contributed by atoms with E-state index in [1.54, 1.807) is 0 Å². The molecular weight excluding hydrogens is 180 g/mol. The lowest BCUT2D eigenvalue weighted by Crippen LogP contribution is -2.12. The molecule has 0 saturated carbocycles. The second-order valence-electron chi connectivity index (χ2n) is 5.06. The summed E-state index contributed by atoms with van der Waals surface area (Å²) in [6.45, 7) is 10.7. The Morgan fingerprint density at radius 1 is 1.60 bits per heavy atom. The van der Waals surface area contributed by atoms with Gasteiger partial charge in [0.2, 0.25) is 0 Å². The highest BCUT2D eigenvalue weighted by molar-refractivity contribution is 5.19. The van der Waals surface area contributed by atoms with E-state index in [1.807, 2.05) is 0 Å². The summed E-state index contributed by atoms with van der Waals surface area (Å²) in [5.41, 5.74) is 2.73. The first kappa shape index (κ1) is 12.3. The molecule has 0 N–H and O–H groups in total. The standard InChI is InChI=1S/C15H24/c1-12(2)6-5-7-14(4)15-10-8-13(3)9-11-15/h6,8,10,14-15H,3,5,7,9,11H2,1-2,4H3. The van der Waals surface area contributed by atoms with Gasteiger partial charge in [0.25, 0.3) is 0 Å². The van der Waals surface area contributed by atoms with E-state index >= 15 is 0 Å². The Morgan fingerprint density at radius 2 is 2.33 bits per heavy atom. The number of hydrogen-bond acceptors (Lipinski definition) is 0. The zero-order valence-corrected chi connectivity index (χ0v) is 10.4. The van der Waals surface area contributed by atoms with E-state index in [1.165, 1.54) is 36.8 Å². The fourth-order valence-corrected chi connectivity index (χ4v) is 2.11. The van der Waals surface area contributed by atoms with Gasteiger partial charge in [0.05, 0.1) is 0 Å². The predicted molar refractivity (Wildman–Crippen MR) is 68.8 cm³/mol. The molecule has 0 bridgehead atoms. The van der Waals surface area contributed by atoms with Crippen LogP contribution in [0.5, 0.6) is 0 Å². The van der Waals surface area contributed by atoms with Crippen LogP contribution in [-0.4, -0.2) is 0 Å². The summed E-state index contributed by atoms with van der Waals surface area (Å²) >= 11 is 0. The Bertz CT molecular complexity index is 264. The summed E-state index contributed by atoms with van der Waals surface area (Å²) < 4.78 is 0. The molecule has 1 aliphatic rings. The van der Waals surface area contributed by atoms with Crippen LogP contribution >= 0.6 is 0 Å². The fraction of sp³-hybridized carbons (Fsp3) is 0.600. The monoisotopic (exact) mass is 204 g/mol. The minimum absolute atomic E-state index is 0.779. The predicted octanol–water partition coefficient (Wildman–Crippen LogP) is 4.89. The topological polar surface area (TPSA) is 0 Å². The zero-order valence-electron chi connectivity index (χ0n) is 10.4. The second kappa shape index (κ2) is 5.95. The van der Waals surface area contributed by atoms with Crippen LogP contribution in [0.1, 0.15) is 46.5 Å². The summed E-state index contributed by atoms with van der Waals surface area (Å²) in [6, 6.07) is 0. The number of allylic oxidation sites excluding steroid dienone is 5. The lowest BCUT2D eigenvalue weighted by Gasteiger charge is -2.23. The highest BCUT2D eigenvalue weighted by atomic mass is 14.2. The maximum Gasteiger partial charge on any atom is -0.0201 e. The van der Waals surface area contributed by atoms with Crippen molar-refractivity contribution in [1.82, 2.24) is 0 Å². The molecule has 0 radical (unpaired) electrons. The van der Waals surface area contributed by atoms with Crippen LogP contribution in [0.15, 0.2) is 36.0 Å². The maximum absolute atomic E-state index is 4.00. The molecule has 0 aliphatic heterocycles. The SMILES string of the molecule is C=C1C=CC(C(C)CCC=C(C)C)CC1. The van der Waals surface area contributed by atoms with Gasteiger partial charge in [0, 0.05) is 0 Å². The van der Waals surface area contributed by atoms with Gasteiger partial charge in [-0.1, -0.05) is 42.9 Å². The zero-order chi connectivity index (χ0) is 11.3. The van der Waals surface area contributed by atoms with E-state index in [9.17, 15) is 0 Å². The van der Waals surface area contributed by atoms with Crippen molar-refractivity contribution in [3.8, 4) is 0 Å². The molecule has 0 spiro atoms. The smallest absolute Gasteiger partial charge is 0.0201 e. The molecule has 0 amide bonds. The average molecular weight is 204 g/mol. The Morgan fingerprint density at radius 3 is 2.87 bits per heavy atom. The van der Waals surface area contributed by atoms with Crippen molar-refractivity contribution in [3.05, 3.63) is 36.0 Å². The van der Waals surface area contributed by atoms with Crippen LogP contribution in [-0.2, 0) is 0 Å². The fourth-order valence-electron chi connectivity index (χ4n) is 2.11. The molecule has 84 valence electrons. The summed E-state index contributed by atoms with van der Waals surface area (Å²) in [5.74, 6) is 1.59. The lowest BCUT2D eigenvalue weighted by atomic mass is 9.82. The van der Waals surface area contributed by atoms with Crippen molar-refractivity contribution in [2.24, 2.45) is 11.8 Å². The molecule has 2 unspecified atom stereocenters. The van der Waals surface area contributed by atoms with E-state index in [0.717, 1.165) is 11.8 Å². The minimum atomic E-state index is 0.779. The van der Waals surface area contributed by atoms with Crippen LogP contribution in [0.3, 0.4) is 0 Å². The molecule has 0 nitrogen and oxygen atoms in total. The van der Waals surface area contributed by atoms with Crippen molar-refractivity contribution in [1.29, 1.82) is 0 Å². The van der Waals surface area contributed by atoms with Crippen LogP contribution in [0, 0.1) is 11.8 Å². The molecule has 0 heteroatoms. The molecule has 2 atom stereocenters. The quantitative estimate of drug-likeness (QED) is 0.572. The van der Waals surface area contributed by atoms with Crippen LogP contribution in [0.2, 0.25) is 0 Å². The van der Waals surface area contributed by atoms with Crippen LogP contribution in [0.4, 0.5) is 0 Å². The van der Waals surface area contributed by atoms with Crippen molar-refractivity contribution in [2.45, 2.75) is 46.5 Å². The highest BCUT2D eigenvalue weighted by Gasteiger charge is 2.16. The van der Waals surface area contributed by atoms with Crippen molar-refractivity contribution in [3.63, 3.8) is 0 Å². The Hall–Kier alpha value is -0.780. The summed E-state index contributed by atoms with van der Waals surface area (Å²) in [5, 5.41) is 0. The van der Waals surface area contributed by atoms with Gasteiger partial charge in [-0.2, -0.15) is 0 Å². The Balaban J connectivity index is 2.34. The van der Waals surface area contributed by atoms with Crippen molar-refractivity contribution < 1.29 is 0 Å². The van der Waals surface area contributed by atoms with Crippen molar-refractivity contribution in [2.75, 3.05) is 0 Å². The molecule has 15 heavy (non-hydrogen) atoms. The summed E-state index contributed by atoms with van der Waals surface area (Å²) in [6.07, 6.45) is 12.0. The second-order valence-corrected chi connectivity index (χ2v) is 5.06. The normalized spacial score (nSPS) is 22.6. The van der Waals surface area contributed by atoms with E-state index in [0.29, 0.717) is 0 Å². The van der Waals surface area contributed by atoms with Gasteiger partial charge in [-0.3, -0.25) is 0 Å². The van der Waals surface area contributed by atoms with Gasteiger partial charge in [0.15, 0.2) is 0 Å². The van der Waals surface area contributed by atoms with Gasteiger partial charge >= 0.3 is 0 Å². The van der Waals surface area contributed by atoms with E-state index < -0.39 is 0 Å². The molecular formula is C15H24. The van der Waals surface area contributed by atoms with Crippen LogP contribution < -0.4 is 0 Å². The maximum atomic E-state index is 4.00. The molecule has 0 aromatic rings. The van der Waals surface area contributed by atoms with E-state index in [2.05, 4.69) is 45.6 Å². The van der Waals surface area contributed by atoms with Gasteiger partial charge in [0.1, 0.15) is 0 Å².